The van der Waals surface area contributed by atoms with Crippen LogP contribution in [0.15, 0.2) is 24.3 Å². The SMILES string of the molecule is Cc1ccccc1C(CC(C)CC(C)(C)C)NN. The first-order valence-electron chi connectivity index (χ1n) is 6.85. The van der Waals surface area contributed by atoms with Crippen molar-refractivity contribution in [1.29, 1.82) is 0 Å². The molecule has 102 valence electrons. The van der Waals surface area contributed by atoms with Gasteiger partial charge in [0.2, 0.25) is 0 Å². The molecule has 0 saturated carbocycles. The van der Waals surface area contributed by atoms with Gasteiger partial charge in [-0.3, -0.25) is 11.3 Å². The molecule has 18 heavy (non-hydrogen) atoms. The lowest BCUT2D eigenvalue weighted by molar-refractivity contribution is 0.276. The number of hydrogen-bond acceptors (Lipinski definition) is 2. The van der Waals surface area contributed by atoms with E-state index in [4.69, 9.17) is 5.84 Å². The number of nitrogens with one attached hydrogen (secondary N) is 1. The maximum atomic E-state index is 5.74. The highest BCUT2D eigenvalue weighted by atomic mass is 15.2. The van der Waals surface area contributed by atoms with E-state index in [1.54, 1.807) is 0 Å². The molecule has 1 rings (SSSR count). The Bertz CT molecular complexity index is 366. The molecule has 0 bridgehead atoms. The van der Waals surface area contributed by atoms with E-state index in [-0.39, 0.29) is 6.04 Å². The molecule has 0 aromatic heterocycles. The van der Waals surface area contributed by atoms with Crippen LogP contribution in [0.2, 0.25) is 0 Å². The molecule has 0 amide bonds. The largest absolute Gasteiger partial charge is 0.271 e. The average Bonchev–Trinajstić information content (AvgIpc) is 2.24. The van der Waals surface area contributed by atoms with Crippen molar-refractivity contribution in [1.82, 2.24) is 5.43 Å². The van der Waals surface area contributed by atoms with Crippen LogP contribution in [-0.2, 0) is 0 Å². The van der Waals surface area contributed by atoms with Crippen molar-refractivity contribution in [2.24, 2.45) is 17.2 Å². The minimum atomic E-state index is 0.253. The maximum absolute atomic E-state index is 5.74. The summed E-state index contributed by atoms with van der Waals surface area (Å²) >= 11 is 0. The zero-order valence-electron chi connectivity index (χ0n) is 12.5. The summed E-state index contributed by atoms with van der Waals surface area (Å²) in [6.45, 7) is 11.3. The highest BCUT2D eigenvalue weighted by Gasteiger charge is 2.20. The third-order valence-corrected chi connectivity index (χ3v) is 3.36. The minimum absolute atomic E-state index is 0.253. The second-order valence-corrected chi connectivity index (χ2v) is 6.68. The van der Waals surface area contributed by atoms with Crippen molar-refractivity contribution in [3.05, 3.63) is 35.4 Å². The van der Waals surface area contributed by atoms with Gasteiger partial charge in [-0.2, -0.15) is 0 Å². The van der Waals surface area contributed by atoms with Gasteiger partial charge in [0.1, 0.15) is 0 Å². The van der Waals surface area contributed by atoms with Gasteiger partial charge in [-0.25, -0.2) is 0 Å². The number of aryl methyl sites for hydroxylation is 1. The lowest BCUT2D eigenvalue weighted by Gasteiger charge is -2.27. The predicted molar refractivity (Wildman–Crippen MR) is 79.1 cm³/mol. The van der Waals surface area contributed by atoms with E-state index in [9.17, 15) is 0 Å². The molecule has 0 spiro atoms. The van der Waals surface area contributed by atoms with Gasteiger partial charge in [-0.15, -0.1) is 0 Å². The molecule has 0 saturated heterocycles. The Morgan fingerprint density at radius 2 is 1.83 bits per heavy atom. The number of nitrogens with two attached hydrogens (primary N) is 1. The van der Waals surface area contributed by atoms with Crippen LogP contribution in [0.5, 0.6) is 0 Å². The Morgan fingerprint density at radius 1 is 1.22 bits per heavy atom. The Labute approximate surface area is 112 Å². The van der Waals surface area contributed by atoms with Crippen LogP contribution in [0.3, 0.4) is 0 Å². The minimum Gasteiger partial charge on any atom is -0.271 e. The van der Waals surface area contributed by atoms with E-state index in [2.05, 4.69) is 64.3 Å². The maximum Gasteiger partial charge on any atom is 0.0465 e. The lowest BCUT2D eigenvalue weighted by Crippen LogP contribution is -2.30. The molecule has 0 fully saturated rings. The van der Waals surface area contributed by atoms with Gasteiger partial charge in [0.05, 0.1) is 0 Å². The molecule has 0 aliphatic heterocycles. The molecule has 0 aliphatic carbocycles. The molecule has 2 atom stereocenters. The van der Waals surface area contributed by atoms with Crippen molar-refractivity contribution < 1.29 is 0 Å². The van der Waals surface area contributed by atoms with E-state index < -0.39 is 0 Å². The Morgan fingerprint density at radius 3 is 2.33 bits per heavy atom. The molecule has 0 aliphatic rings. The smallest absolute Gasteiger partial charge is 0.0465 e. The molecule has 0 radical (unpaired) electrons. The second kappa shape index (κ2) is 6.35. The van der Waals surface area contributed by atoms with Crippen molar-refractivity contribution in [3.8, 4) is 0 Å². The molecule has 0 heterocycles. The first kappa shape index (κ1) is 15.2. The summed E-state index contributed by atoms with van der Waals surface area (Å²) in [5.74, 6) is 6.39. The molecular formula is C16H28N2. The number of hydrazine groups is 1. The molecule has 2 heteroatoms. The van der Waals surface area contributed by atoms with E-state index in [0.717, 1.165) is 6.42 Å². The number of hydrogen-bond donors (Lipinski definition) is 2. The van der Waals surface area contributed by atoms with E-state index in [1.807, 2.05) is 0 Å². The van der Waals surface area contributed by atoms with E-state index in [0.29, 0.717) is 11.3 Å². The zero-order chi connectivity index (χ0) is 13.8. The Kier molecular flexibility index (Phi) is 5.36. The lowest BCUT2D eigenvalue weighted by atomic mass is 9.82. The highest BCUT2D eigenvalue weighted by Crippen LogP contribution is 2.31. The summed E-state index contributed by atoms with van der Waals surface area (Å²) in [6.07, 6.45) is 2.30. The van der Waals surface area contributed by atoms with Crippen molar-refractivity contribution in [3.63, 3.8) is 0 Å². The second-order valence-electron chi connectivity index (χ2n) is 6.68. The first-order chi connectivity index (χ1) is 8.33. The number of benzene rings is 1. The van der Waals surface area contributed by atoms with Crippen LogP contribution < -0.4 is 11.3 Å². The molecule has 1 aromatic rings. The fourth-order valence-corrected chi connectivity index (χ4v) is 2.79. The van der Waals surface area contributed by atoms with Gasteiger partial charge in [0, 0.05) is 6.04 Å². The average molecular weight is 248 g/mol. The van der Waals surface area contributed by atoms with Crippen LogP contribution in [0.25, 0.3) is 0 Å². The van der Waals surface area contributed by atoms with E-state index >= 15 is 0 Å². The summed E-state index contributed by atoms with van der Waals surface area (Å²) in [6, 6.07) is 8.73. The summed E-state index contributed by atoms with van der Waals surface area (Å²) in [4.78, 5) is 0. The number of rotatable bonds is 5. The summed E-state index contributed by atoms with van der Waals surface area (Å²) in [5.41, 5.74) is 5.98. The summed E-state index contributed by atoms with van der Waals surface area (Å²) < 4.78 is 0. The molecule has 1 aromatic carbocycles. The van der Waals surface area contributed by atoms with Crippen LogP contribution >= 0.6 is 0 Å². The standard InChI is InChI=1S/C16H28N2/c1-12(11-16(3,4)5)10-15(18-17)14-9-7-6-8-13(14)2/h6-9,12,15,18H,10-11,17H2,1-5H3. The van der Waals surface area contributed by atoms with Gasteiger partial charge in [-0.05, 0) is 42.2 Å². The van der Waals surface area contributed by atoms with Gasteiger partial charge >= 0.3 is 0 Å². The van der Waals surface area contributed by atoms with Gasteiger partial charge in [-0.1, -0.05) is 52.0 Å². The Balaban J connectivity index is 2.71. The summed E-state index contributed by atoms with van der Waals surface area (Å²) in [5, 5.41) is 0. The topological polar surface area (TPSA) is 38.0 Å². The monoisotopic (exact) mass is 248 g/mol. The van der Waals surface area contributed by atoms with Crippen molar-refractivity contribution in [2.45, 2.75) is 53.5 Å². The van der Waals surface area contributed by atoms with Crippen molar-refractivity contribution in [2.75, 3.05) is 0 Å². The Hall–Kier alpha value is -0.860. The zero-order valence-corrected chi connectivity index (χ0v) is 12.5. The van der Waals surface area contributed by atoms with E-state index in [1.165, 1.54) is 17.5 Å². The van der Waals surface area contributed by atoms with Crippen LogP contribution in [0.1, 0.15) is 57.7 Å². The molecule has 3 N–H and O–H groups in total. The molecule has 2 nitrogen and oxygen atoms in total. The fourth-order valence-electron chi connectivity index (χ4n) is 2.79. The molecular weight excluding hydrogens is 220 g/mol. The van der Waals surface area contributed by atoms with Crippen LogP contribution in [0.4, 0.5) is 0 Å². The van der Waals surface area contributed by atoms with Crippen LogP contribution in [0, 0.1) is 18.3 Å². The van der Waals surface area contributed by atoms with Crippen molar-refractivity contribution >= 4 is 0 Å². The fraction of sp³-hybridized carbons (Fsp3) is 0.625. The highest BCUT2D eigenvalue weighted by molar-refractivity contribution is 5.28. The van der Waals surface area contributed by atoms with Crippen LogP contribution in [-0.4, -0.2) is 0 Å². The van der Waals surface area contributed by atoms with Gasteiger partial charge in [0.25, 0.3) is 0 Å². The normalized spacial score (nSPS) is 15.4. The van der Waals surface area contributed by atoms with Gasteiger partial charge < -0.3 is 0 Å². The third-order valence-electron chi connectivity index (χ3n) is 3.36. The first-order valence-corrected chi connectivity index (χ1v) is 6.85. The predicted octanol–water partition coefficient (Wildman–Crippen LogP) is 3.96. The quantitative estimate of drug-likeness (QED) is 0.611. The molecule has 2 unspecified atom stereocenters. The summed E-state index contributed by atoms with van der Waals surface area (Å²) in [7, 11) is 0. The third kappa shape index (κ3) is 4.79. The van der Waals surface area contributed by atoms with Gasteiger partial charge in [0.15, 0.2) is 0 Å².